The van der Waals surface area contributed by atoms with Crippen molar-refractivity contribution in [2.75, 3.05) is 32.6 Å². The lowest BCUT2D eigenvalue weighted by Gasteiger charge is -2.14. The Bertz CT molecular complexity index is 380. The molecule has 1 unspecified atom stereocenters. The van der Waals surface area contributed by atoms with E-state index in [-0.39, 0.29) is 11.8 Å². The molecule has 0 saturated heterocycles. The number of benzene rings is 1. The third-order valence-electron chi connectivity index (χ3n) is 2.81. The van der Waals surface area contributed by atoms with Crippen LogP contribution in [-0.4, -0.2) is 33.2 Å². The van der Waals surface area contributed by atoms with Crippen molar-refractivity contribution in [2.45, 2.75) is 13.3 Å². The summed E-state index contributed by atoms with van der Waals surface area (Å²) in [5, 5.41) is 5.97. The molecule has 2 N–H and O–H groups in total. The Morgan fingerprint density at radius 1 is 1.39 bits per heavy atom. The third-order valence-corrected chi connectivity index (χ3v) is 2.81. The second-order valence-corrected chi connectivity index (χ2v) is 4.35. The molecule has 1 rings (SSSR count). The molecule has 1 aromatic carbocycles. The fourth-order valence-corrected chi connectivity index (χ4v) is 1.73. The van der Waals surface area contributed by atoms with E-state index in [4.69, 9.17) is 4.74 Å². The Morgan fingerprint density at radius 2 is 2.11 bits per heavy atom. The van der Waals surface area contributed by atoms with Gasteiger partial charge in [0, 0.05) is 25.3 Å². The summed E-state index contributed by atoms with van der Waals surface area (Å²) < 4.78 is 5.07. The number of ether oxygens (including phenoxy) is 1. The monoisotopic (exact) mass is 250 g/mol. The molecular formula is C14H22N2O2. The van der Waals surface area contributed by atoms with Gasteiger partial charge in [-0.2, -0.15) is 0 Å². The van der Waals surface area contributed by atoms with Crippen LogP contribution in [0.5, 0.6) is 0 Å². The minimum absolute atomic E-state index is 0.0363. The van der Waals surface area contributed by atoms with Crippen LogP contribution in [0.1, 0.15) is 12.5 Å². The van der Waals surface area contributed by atoms with Gasteiger partial charge < -0.3 is 15.4 Å². The highest BCUT2D eigenvalue weighted by Gasteiger charge is 2.13. The average molecular weight is 250 g/mol. The highest BCUT2D eigenvalue weighted by atomic mass is 16.5. The number of hydrogen-bond acceptors (Lipinski definition) is 3. The summed E-state index contributed by atoms with van der Waals surface area (Å²) >= 11 is 0. The largest absolute Gasteiger partial charge is 0.384 e. The number of anilines is 1. The molecule has 100 valence electrons. The average Bonchev–Trinajstić information content (AvgIpc) is 2.38. The normalized spacial score (nSPS) is 12.2. The summed E-state index contributed by atoms with van der Waals surface area (Å²) in [4.78, 5) is 11.9. The Labute approximate surface area is 109 Å². The van der Waals surface area contributed by atoms with Gasteiger partial charge in [-0.05, 0) is 25.1 Å². The van der Waals surface area contributed by atoms with Gasteiger partial charge in [-0.15, -0.1) is 0 Å². The van der Waals surface area contributed by atoms with Crippen LogP contribution < -0.4 is 10.6 Å². The maximum absolute atomic E-state index is 11.9. The summed E-state index contributed by atoms with van der Waals surface area (Å²) in [6, 6.07) is 7.83. The van der Waals surface area contributed by atoms with E-state index in [1.807, 2.05) is 38.2 Å². The van der Waals surface area contributed by atoms with Crippen LogP contribution in [0.2, 0.25) is 0 Å². The number of hydrogen-bond donors (Lipinski definition) is 2. The maximum Gasteiger partial charge on any atom is 0.228 e. The Balaban J connectivity index is 2.68. The van der Waals surface area contributed by atoms with Crippen LogP contribution in [-0.2, 0) is 16.0 Å². The SMILES string of the molecule is CNCC(C)C(=O)Nc1ccccc1CCOC. The first-order valence-corrected chi connectivity index (χ1v) is 6.21. The van der Waals surface area contributed by atoms with Crippen molar-refractivity contribution in [2.24, 2.45) is 5.92 Å². The van der Waals surface area contributed by atoms with Gasteiger partial charge in [0.25, 0.3) is 0 Å². The summed E-state index contributed by atoms with van der Waals surface area (Å²) in [7, 11) is 3.52. The number of methoxy groups -OCH3 is 1. The second-order valence-electron chi connectivity index (χ2n) is 4.35. The van der Waals surface area contributed by atoms with Crippen molar-refractivity contribution in [3.63, 3.8) is 0 Å². The predicted molar refractivity (Wildman–Crippen MR) is 73.7 cm³/mol. The van der Waals surface area contributed by atoms with E-state index in [1.165, 1.54) is 0 Å². The Morgan fingerprint density at radius 3 is 2.78 bits per heavy atom. The van der Waals surface area contributed by atoms with Crippen molar-refractivity contribution in [1.82, 2.24) is 5.32 Å². The number of amides is 1. The zero-order chi connectivity index (χ0) is 13.4. The smallest absolute Gasteiger partial charge is 0.228 e. The van der Waals surface area contributed by atoms with E-state index in [1.54, 1.807) is 7.11 Å². The van der Waals surface area contributed by atoms with Crippen molar-refractivity contribution >= 4 is 11.6 Å². The number of rotatable bonds is 7. The van der Waals surface area contributed by atoms with Gasteiger partial charge in [-0.1, -0.05) is 25.1 Å². The van der Waals surface area contributed by atoms with Crippen molar-refractivity contribution in [3.05, 3.63) is 29.8 Å². The summed E-state index contributed by atoms with van der Waals surface area (Å²) in [5.41, 5.74) is 1.98. The predicted octanol–water partition coefficient (Wildman–Crippen LogP) is 1.67. The van der Waals surface area contributed by atoms with Crippen molar-refractivity contribution in [1.29, 1.82) is 0 Å². The highest BCUT2D eigenvalue weighted by molar-refractivity contribution is 5.93. The number of nitrogens with one attached hydrogen (secondary N) is 2. The minimum Gasteiger partial charge on any atom is -0.384 e. The molecule has 0 aliphatic carbocycles. The van der Waals surface area contributed by atoms with E-state index in [9.17, 15) is 4.79 Å². The molecule has 0 radical (unpaired) electrons. The molecule has 4 heteroatoms. The summed E-state index contributed by atoms with van der Waals surface area (Å²) in [6.07, 6.45) is 0.799. The molecule has 0 fully saturated rings. The van der Waals surface area contributed by atoms with Gasteiger partial charge in [-0.25, -0.2) is 0 Å². The standard InChI is InChI=1S/C14H22N2O2/c1-11(10-15-2)14(17)16-13-7-5-4-6-12(13)8-9-18-3/h4-7,11,15H,8-10H2,1-3H3,(H,16,17). The van der Waals surface area contributed by atoms with Crippen molar-refractivity contribution in [3.8, 4) is 0 Å². The van der Waals surface area contributed by atoms with E-state index in [0.717, 1.165) is 17.7 Å². The first-order valence-electron chi connectivity index (χ1n) is 6.21. The molecule has 1 amide bonds. The highest BCUT2D eigenvalue weighted by Crippen LogP contribution is 2.16. The van der Waals surface area contributed by atoms with Crippen LogP contribution in [0.4, 0.5) is 5.69 Å². The molecule has 0 aliphatic heterocycles. The van der Waals surface area contributed by atoms with Crippen molar-refractivity contribution < 1.29 is 9.53 Å². The molecule has 0 spiro atoms. The zero-order valence-electron chi connectivity index (χ0n) is 11.3. The van der Waals surface area contributed by atoms with Gasteiger partial charge in [0.2, 0.25) is 5.91 Å². The fourth-order valence-electron chi connectivity index (χ4n) is 1.73. The molecule has 1 atom stereocenters. The van der Waals surface area contributed by atoms with Crippen LogP contribution in [0.3, 0.4) is 0 Å². The topological polar surface area (TPSA) is 50.4 Å². The van der Waals surface area contributed by atoms with Gasteiger partial charge in [0.1, 0.15) is 0 Å². The molecule has 0 bridgehead atoms. The molecule has 1 aromatic rings. The van der Waals surface area contributed by atoms with Crippen LogP contribution in [0.15, 0.2) is 24.3 Å². The van der Waals surface area contributed by atoms with Gasteiger partial charge in [0.15, 0.2) is 0 Å². The van der Waals surface area contributed by atoms with Crippen LogP contribution in [0.25, 0.3) is 0 Å². The Kier molecular flexibility index (Phi) is 6.39. The molecule has 0 saturated carbocycles. The van der Waals surface area contributed by atoms with E-state index >= 15 is 0 Å². The molecule has 0 aliphatic rings. The fraction of sp³-hybridized carbons (Fsp3) is 0.500. The lowest BCUT2D eigenvalue weighted by Crippen LogP contribution is -2.29. The molecule has 18 heavy (non-hydrogen) atoms. The summed E-state index contributed by atoms with van der Waals surface area (Å²) in [5.74, 6) is -0.0142. The third kappa shape index (κ3) is 4.47. The molecule has 0 heterocycles. The summed E-state index contributed by atoms with van der Waals surface area (Å²) in [6.45, 7) is 3.23. The molecular weight excluding hydrogens is 228 g/mol. The van der Waals surface area contributed by atoms with Crippen LogP contribution in [0, 0.1) is 5.92 Å². The molecule has 4 nitrogen and oxygen atoms in total. The van der Waals surface area contributed by atoms with E-state index in [0.29, 0.717) is 13.2 Å². The maximum atomic E-state index is 11.9. The molecule has 0 aromatic heterocycles. The minimum atomic E-state index is -0.0505. The second kappa shape index (κ2) is 7.84. The van der Waals surface area contributed by atoms with Gasteiger partial charge >= 0.3 is 0 Å². The quantitative estimate of drug-likeness (QED) is 0.774. The van der Waals surface area contributed by atoms with E-state index < -0.39 is 0 Å². The van der Waals surface area contributed by atoms with Gasteiger partial charge in [-0.3, -0.25) is 4.79 Å². The first kappa shape index (κ1) is 14.7. The Hall–Kier alpha value is -1.39. The van der Waals surface area contributed by atoms with E-state index in [2.05, 4.69) is 10.6 Å². The number of para-hydroxylation sites is 1. The lowest BCUT2D eigenvalue weighted by atomic mass is 10.1. The number of carbonyl (C=O) groups excluding carboxylic acids is 1. The zero-order valence-corrected chi connectivity index (χ0v) is 11.3. The number of carbonyl (C=O) groups is 1. The van der Waals surface area contributed by atoms with Gasteiger partial charge in [0.05, 0.1) is 6.61 Å². The first-order chi connectivity index (χ1) is 8.69. The lowest BCUT2D eigenvalue weighted by molar-refractivity contribution is -0.119. The van der Waals surface area contributed by atoms with Crippen LogP contribution >= 0.6 is 0 Å².